The minimum atomic E-state index is 0.314. The first-order valence-corrected chi connectivity index (χ1v) is 6.07. The Bertz CT molecular complexity index is 188. The van der Waals surface area contributed by atoms with Crippen LogP contribution in [0.3, 0.4) is 0 Å². The van der Waals surface area contributed by atoms with E-state index in [0.29, 0.717) is 12.5 Å². The average Bonchev–Trinajstić information content (AvgIpc) is 2.23. The molecule has 0 amide bonds. The van der Waals surface area contributed by atoms with Gasteiger partial charge in [0.2, 0.25) is 0 Å². The van der Waals surface area contributed by atoms with Gasteiger partial charge in [0, 0.05) is 58.5 Å². The van der Waals surface area contributed by atoms with E-state index >= 15 is 0 Å². The van der Waals surface area contributed by atoms with Gasteiger partial charge in [0.05, 0.1) is 0 Å². The second kappa shape index (κ2) is 5.25. The molecule has 2 heterocycles. The van der Waals surface area contributed by atoms with Crippen molar-refractivity contribution in [1.29, 1.82) is 0 Å². The molecule has 2 aliphatic heterocycles. The Balaban J connectivity index is 1.64. The van der Waals surface area contributed by atoms with Crippen molar-refractivity contribution < 1.29 is 5.11 Å². The summed E-state index contributed by atoms with van der Waals surface area (Å²) in [6.07, 6.45) is 0. The van der Waals surface area contributed by atoms with Gasteiger partial charge in [0.25, 0.3) is 0 Å². The van der Waals surface area contributed by atoms with Crippen LogP contribution in [-0.2, 0) is 0 Å². The SMILES string of the molecule is CC(CO)CN1CC(N2CCNCC2)C1. The number of nitrogens with one attached hydrogen (secondary N) is 1. The van der Waals surface area contributed by atoms with E-state index in [0.717, 1.165) is 25.7 Å². The number of hydrogen-bond donors (Lipinski definition) is 2. The van der Waals surface area contributed by atoms with E-state index in [1.54, 1.807) is 0 Å². The van der Waals surface area contributed by atoms with Gasteiger partial charge in [0.15, 0.2) is 0 Å². The lowest BCUT2D eigenvalue weighted by molar-refractivity contribution is 0.0141. The van der Waals surface area contributed by atoms with E-state index in [2.05, 4.69) is 22.0 Å². The predicted molar refractivity (Wildman–Crippen MR) is 60.9 cm³/mol. The number of likely N-dealkylation sites (tertiary alicyclic amines) is 1. The van der Waals surface area contributed by atoms with Crippen molar-refractivity contribution in [2.45, 2.75) is 13.0 Å². The maximum Gasteiger partial charge on any atom is 0.0468 e. The van der Waals surface area contributed by atoms with Crippen LogP contribution in [0.1, 0.15) is 6.92 Å². The molecule has 88 valence electrons. The fraction of sp³-hybridized carbons (Fsp3) is 1.00. The molecule has 2 fully saturated rings. The van der Waals surface area contributed by atoms with Gasteiger partial charge in [-0.25, -0.2) is 0 Å². The van der Waals surface area contributed by atoms with Crippen molar-refractivity contribution in [2.75, 3.05) is 52.4 Å². The van der Waals surface area contributed by atoms with Crippen LogP contribution >= 0.6 is 0 Å². The lowest BCUT2D eigenvalue weighted by Gasteiger charge is -2.47. The van der Waals surface area contributed by atoms with Crippen LogP contribution in [0.25, 0.3) is 0 Å². The topological polar surface area (TPSA) is 38.7 Å². The fourth-order valence-electron chi connectivity index (χ4n) is 2.47. The molecular weight excluding hydrogens is 190 g/mol. The Morgan fingerprint density at radius 2 is 2.00 bits per heavy atom. The van der Waals surface area contributed by atoms with E-state index in [1.807, 2.05) is 0 Å². The Hall–Kier alpha value is -0.160. The van der Waals surface area contributed by atoms with Gasteiger partial charge < -0.3 is 10.4 Å². The zero-order chi connectivity index (χ0) is 10.7. The van der Waals surface area contributed by atoms with Crippen LogP contribution in [0.2, 0.25) is 0 Å². The molecule has 0 aromatic rings. The number of aliphatic hydroxyl groups is 1. The van der Waals surface area contributed by atoms with Crippen LogP contribution in [0, 0.1) is 5.92 Å². The first kappa shape index (κ1) is 11.3. The molecule has 2 N–H and O–H groups in total. The quantitative estimate of drug-likeness (QED) is 0.641. The lowest BCUT2D eigenvalue weighted by atomic mass is 10.0. The van der Waals surface area contributed by atoms with Crippen molar-refractivity contribution in [3.8, 4) is 0 Å². The molecule has 0 aromatic carbocycles. The van der Waals surface area contributed by atoms with Gasteiger partial charge in [-0.3, -0.25) is 9.80 Å². The van der Waals surface area contributed by atoms with Crippen LogP contribution < -0.4 is 5.32 Å². The second-order valence-electron chi connectivity index (χ2n) is 4.95. The first-order chi connectivity index (χ1) is 7.29. The van der Waals surface area contributed by atoms with Crippen LogP contribution in [0.5, 0.6) is 0 Å². The molecule has 2 saturated heterocycles. The Kier molecular flexibility index (Phi) is 3.97. The average molecular weight is 213 g/mol. The van der Waals surface area contributed by atoms with Crippen LogP contribution in [0.15, 0.2) is 0 Å². The van der Waals surface area contributed by atoms with E-state index in [4.69, 9.17) is 5.11 Å². The van der Waals surface area contributed by atoms with Gasteiger partial charge in [-0.15, -0.1) is 0 Å². The molecule has 4 heteroatoms. The molecule has 0 aromatic heterocycles. The summed E-state index contributed by atoms with van der Waals surface area (Å²) in [5.74, 6) is 0.425. The van der Waals surface area contributed by atoms with E-state index < -0.39 is 0 Å². The summed E-state index contributed by atoms with van der Waals surface area (Å²) in [6, 6.07) is 0.776. The number of aliphatic hydroxyl groups excluding tert-OH is 1. The predicted octanol–water partition coefficient (Wildman–Crippen LogP) is -0.796. The maximum atomic E-state index is 8.97. The summed E-state index contributed by atoms with van der Waals surface area (Å²) in [7, 11) is 0. The normalized spacial score (nSPS) is 27.6. The lowest BCUT2D eigenvalue weighted by Crippen LogP contribution is -2.63. The third kappa shape index (κ3) is 2.91. The highest BCUT2D eigenvalue weighted by Crippen LogP contribution is 2.16. The molecule has 1 atom stereocenters. The van der Waals surface area contributed by atoms with Crippen molar-refractivity contribution in [1.82, 2.24) is 15.1 Å². The largest absolute Gasteiger partial charge is 0.396 e. The molecular formula is C11H23N3O. The van der Waals surface area contributed by atoms with E-state index in [-0.39, 0.29) is 0 Å². The van der Waals surface area contributed by atoms with Crippen molar-refractivity contribution in [3.63, 3.8) is 0 Å². The molecule has 2 aliphatic rings. The number of rotatable bonds is 4. The summed E-state index contributed by atoms with van der Waals surface area (Å²) >= 11 is 0. The van der Waals surface area contributed by atoms with Gasteiger partial charge >= 0.3 is 0 Å². The van der Waals surface area contributed by atoms with Crippen LogP contribution in [0.4, 0.5) is 0 Å². The molecule has 1 unspecified atom stereocenters. The zero-order valence-electron chi connectivity index (χ0n) is 9.65. The van der Waals surface area contributed by atoms with Crippen LogP contribution in [-0.4, -0.2) is 73.4 Å². The highest BCUT2D eigenvalue weighted by Gasteiger charge is 2.32. The molecule has 0 spiro atoms. The molecule has 0 aliphatic carbocycles. The Morgan fingerprint density at radius 3 is 2.60 bits per heavy atom. The highest BCUT2D eigenvalue weighted by atomic mass is 16.3. The number of hydrogen-bond acceptors (Lipinski definition) is 4. The fourth-order valence-corrected chi connectivity index (χ4v) is 2.47. The molecule has 4 nitrogen and oxygen atoms in total. The summed E-state index contributed by atoms with van der Waals surface area (Å²) < 4.78 is 0. The number of nitrogens with zero attached hydrogens (tertiary/aromatic N) is 2. The van der Waals surface area contributed by atoms with Gasteiger partial charge in [0.1, 0.15) is 0 Å². The monoisotopic (exact) mass is 213 g/mol. The third-order valence-corrected chi connectivity index (χ3v) is 3.49. The van der Waals surface area contributed by atoms with Crippen molar-refractivity contribution in [3.05, 3.63) is 0 Å². The third-order valence-electron chi connectivity index (χ3n) is 3.49. The van der Waals surface area contributed by atoms with E-state index in [9.17, 15) is 0 Å². The molecule has 0 bridgehead atoms. The van der Waals surface area contributed by atoms with Crippen molar-refractivity contribution in [2.24, 2.45) is 5.92 Å². The minimum Gasteiger partial charge on any atom is -0.396 e. The molecule has 0 saturated carbocycles. The van der Waals surface area contributed by atoms with Gasteiger partial charge in [-0.1, -0.05) is 6.92 Å². The summed E-state index contributed by atoms with van der Waals surface area (Å²) in [6.45, 7) is 10.6. The second-order valence-corrected chi connectivity index (χ2v) is 4.95. The van der Waals surface area contributed by atoms with Gasteiger partial charge in [-0.2, -0.15) is 0 Å². The molecule has 15 heavy (non-hydrogen) atoms. The zero-order valence-corrected chi connectivity index (χ0v) is 9.65. The Morgan fingerprint density at radius 1 is 1.33 bits per heavy atom. The summed E-state index contributed by atoms with van der Waals surface area (Å²) in [5.41, 5.74) is 0. The standard InChI is InChI=1S/C11H23N3O/c1-10(9-15)6-13-7-11(8-13)14-4-2-12-3-5-14/h10-12,15H,2-9H2,1H3. The minimum absolute atomic E-state index is 0.314. The summed E-state index contributed by atoms with van der Waals surface area (Å²) in [4.78, 5) is 5.05. The smallest absolute Gasteiger partial charge is 0.0468 e. The first-order valence-electron chi connectivity index (χ1n) is 6.07. The highest BCUT2D eigenvalue weighted by molar-refractivity contribution is 4.90. The van der Waals surface area contributed by atoms with Crippen molar-refractivity contribution >= 4 is 0 Å². The molecule has 2 rings (SSSR count). The summed E-state index contributed by atoms with van der Waals surface area (Å²) in [5, 5.41) is 12.4. The van der Waals surface area contributed by atoms with E-state index in [1.165, 1.54) is 26.2 Å². The Labute approximate surface area is 92.2 Å². The molecule has 0 radical (unpaired) electrons. The van der Waals surface area contributed by atoms with Gasteiger partial charge in [-0.05, 0) is 5.92 Å². The maximum absolute atomic E-state index is 8.97. The number of piperazine rings is 1.